The summed E-state index contributed by atoms with van der Waals surface area (Å²) in [5, 5.41) is 2.75. The van der Waals surface area contributed by atoms with Gasteiger partial charge in [0.25, 0.3) is 0 Å². The monoisotopic (exact) mass is 302 g/mol. The highest BCUT2D eigenvalue weighted by atomic mass is 79.9. The second-order valence-corrected chi connectivity index (χ2v) is 4.53. The normalized spacial score (nSPS) is 10.5. The van der Waals surface area contributed by atoms with E-state index in [1.165, 1.54) is 6.08 Å². The molecule has 1 N–H and O–H groups in total. The molecular formula is C14H11BrN2O. The zero-order valence-corrected chi connectivity index (χ0v) is 11.1. The number of anilines is 1. The van der Waals surface area contributed by atoms with Crippen LogP contribution in [-0.2, 0) is 4.79 Å². The number of hydrogen-bond donors (Lipinski definition) is 1. The molecule has 2 aromatic rings. The Morgan fingerprint density at radius 1 is 1.11 bits per heavy atom. The Bertz CT molecular complexity index is 550. The van der Waals surface area contributed by atoms with Crippen molar-refractivity contribution in [2.75, 3.05) is 5.32 Å². The third kappa shape index (κ3) is 3.82. The van der Waals surface area contributed by atoms with Crippen LogP contribution in [0.4, 0.5) is 5.69 Å². The van der Waals surface area contributed by atoms with Gasteiger partial charge in [-0.2, -0.15) is 0 Å². The van der Waals surface area contributed by atoms with Crippen LogP contribution in [0, 0.1) is 0 Å². The molecule has 0 saturated carbocycles. The van der Waals surface area contributed by atoms with Crippen molar-refractivity contribution in [3.05, 3.63) is 64.9 Å². The van der Waals surface area contributed by atoms with Crippen LogP contribution >= 0.6 is 15.9 Å². The summed E-state index contributed by atoms with van der Waals surface area (Å²) in [6.45, 7) is 0. The Hall–Kier alpha value is -1.94. The highest BCUT2D eigenvalue weighted by molar-refractivity contribution is 9.10. The second-order valence-electron chi connectivity index (χ2n) is 3.61. The van der Waals surface area contributed by atoms with Gasteiger partial charge in [-0.1, -0.05) is 28.1 Å². The predicted octanol–water partition coefficient (Wildman–Crippen LogP) is 3.50. The lowest BCUT2D eigenvalue weighted by atomic mass is 10.2. The van der Waals surface area contributed by atoms with Gasteiger partial charge in [-0.3, -0.25) is 9.78 Å². The van der Waals surface area contributed by atoms with Crippen LogP contribution < -0.4 is 5.32 Å². The Labute approximate surface area is 114 Å². The van der Waals surface area contributed by atoms with Crippen molar-refractivity contribution in [3.8, 4) is 0 Å². The molecule has 0 aliphatic carbocycles. The minimum Gasteiger partial charge on any atom is -0.322 e. The van der Waals surface area contributed by atoms with Gasteiger partial charge in [-0.15, -0.1) is 0 Å². The van der Waals surface area contributed by atoms with Crippen molar-refractivity contribution >= 4 is 33.6 Å². The molecule has 2 rings (SSSR count). The number of amides is 1. The van der Waals surface area contributed by atoms with Crippen LogP contribution in [0.15, 0.2) is 59.3 Å². The van der Waals surface area contributed by atoms with Gasteiger partial charge >= 0.3 is 0 Å². The summed E-state index contributed by atoms with van der Waals surface area (Å²) >= 11 is 3.36. The molecule has 0 radical (unpaired) electrons. The van der Waals surface area contributed by atoms with E-state index in [-0.39, 0.29) is 5.91 Å². The molecule has 3 nitrogen and oxygen atoms in total. The van der Waals surface area contributed by atoms with Crippen molar-refractivity contribution < 1.29 is 4.79 Å². The highest BCUT2D eigenvalue weighted by Crippen LogP contribution is 2.11. The van der Waals surface area contributed by atoms with Crippen LogP contribution in [0.5, 0.6) is 0 Å². The Kier molecular flexibility index (Phi) is 4.25. The fourth-order valence-corrected chi connectivity index (χ4v) is 1.63. The molecule has 1 aromatic carbocycles. The van der Waals surface area contributed by atoms with Crippen LogP contribution in [0.2, 0.25) is 0 Å². The van der Waals surface area contributed by atoms with Gasteiger partial charge in [0, 0.05) is 28.6 Å². The van der Waals surface area contributed by atoms with E-state index >= 15 is 0 Å². The van der Waals surface area contributed by atoms with E-state index < -0.39 is 0 Å². The summed E-state index contributed by atoms with van der Waals surface area (Å²) < 4.78 is 1.01. The van der Waals surface area contributed by atoms with Gasteiger partial charge in [0.15, 0.2) is 0 Å². The van der Waals surface area contributed by atoms with E-state index in [9.17, 15) is 4.79 Å². The molecule has 0 fully saturated rings. The lowest BCUT2D eigenvalue weighted by molar-refractivity contribution is -0.111. The largest absolute Gasteiger partial charge is 0.322 e. The van der Waals surface area contributed by atoms with Crippen LogP contribution in [0.1, 0.15) is 5.56 Å². The average Bonchev–Trinajstić information content (AvgIpc) is 2.39. The lowest BCUT2D eigenvalue weighted by Gasteiger charge is -2.00. The first-order valence-electron chi connectivity index (χ1n) is 5.39. The molecule has 0 aliphatic heterocycles. The van der Waals surface area contributed by atoms with Crippen molar-refractivity contribution in [1.82, 2.24) is 4.98 Å². The van der Waals surface area contributed by atoms with Gasteiger partial charge in [0.05, 0.1) is 0 Å². The Balaban J connectivity index is 1.97. The molecule has 0 atom stereocenters. The number of carbonyl (C=O) groups is 1. The number of carbonyl (C=O) groups excluding carboxylic acids is 1. The van der Waals surface area contributed by atoms with Gasteiger partial charge in [0.1, 0.15) is 0 Å². The number of nitrogens with one attached hydrogen (secondary N) is 1. The van der Waals surface area contributed by atoms with Gasteiger partial charge < -0.3 is 5.32 Å². The smallest absolute Gasteiger partial charge is 0.248 e. The number of halogens is 1. The molecule has 18 heavy (non-hydrogen) atoms. The van der Waals surface area contributed by atoms with Crippen molar-refractivity contribution in [1.29, 1.82) is 0 Å². The fourth-order valence-electron chi connectivity index (χ4n) is 1.36. The van der Waals surface area contributed by atoms with Gasteiger partial charge in [-0.25, -0.2) is 0 Å². The molecule has 0 spiro atoms. The SMILES string of the molecule is O=C(/C=C/c1ccc(Br)cc1)Nc1ccncc1. The standard InChI is InChI=1S/C14H11BrN2O/c15-12-4-1-11(2-5-12)3-6-14(18)17-13-7-9-16-10-8-13/h1-10H,(H,16,17,18)/b6-3+. The summed E-state index contributed by atoms with van der Waals surface area (Å²) in [4.78, 5) is 15.5. The molecule has 1 amide bonds. The number of benzene rings is 1. The summed E-state index contributed by atoms with van der Waals surface area (Å²) in [7, 11) is 0. The molecule has 0 saturated heterocycles. The maximum absolute atomic E-state index is 11.6. The third-order valence-corrected chi connectivity index (χ3v) is 2.77. The maximum Gasteiger partial charge on any atom is 0.248 e. The average molecular weight is 303 g/mol. The van der Waals surface area contributed by atoms with Crippen LogP contribution in [0.3, 0.4) is 0 Å². The summed E-state index contributed by atoms with van der Waals surface area (Å²) in [5.41, 5.74) is 1.71. The van der Waals surface area contributed by atoms with Crippen molar-refractivity contribution in [3.63, 3.8) is 0 Å². The Morgan fingerprint density at radius 3 is 2.44 bits per heavy atom. The molecule has 0 bridgehead atoms. The number of hydrogen-bond acceptors (Lipinski definition) is 2. The lowest BCUT2D eigenvalue weighted by Crippen LogP contribution is -2.07. The van der Waals surface area contributed by atoms with Crippen molar-refractivity contribution in [2.24, 2.45) is 0 Å². The zero-order chi connectivity index (χ0) is 12.8. The van der Waals surface area contributed by atoms with E-state index in [4.69, 9.17) is 0 Å². The molecule has 0 unspecified atom stereocenters. The van der Waals surface area contributed by atoms with E-state index in [0.717, 1.165) is 15.7 Å². The number of rotatable bonds is 3. The quantitative estimate of drug-likeness (QED) is 0.882. The van der Waals surface area contributed by atoms with Gasteiger partial charge in [-0.05, 0) is 35.9 Å². The number of nitrogens with zero attached hydrogens (tertiary/aromatic N) is 1. The fraction of sp³-hybridized carbons (Fsp3) is 0. The van der Waals surface area contributed by atoms with Crippen LogP contribution in [0.25, 0.3) is 6.08 Å². The molecular weight excluding hydrogens is 292 g/mol. The molecule has 4 heteroatoms. The highest BCUT2D eigenvalue weighted by Gasteiger charge is 1.96. The topological polar surface area (TPSA) is 42.0 Å². The zero-order valence-electron chi connectivity index (χ0n) is 9.51. The van der Waals surface area contributed by atoms with E-state index in [1.54, 1.807) is 30.6 Å². The summed E-state index contributed by atoms with van der Waals surface area (Å²) in [5.74, 6) is -0.163. The molecule has 90 valence electrons. The van der Waals surface area contributed by atoms with Gasteiger partial charge in [0.2, 0.25) is 5.91 Å². The molecule has 0 aliphatic rings. The predicted molar refractivity (Wildman–Crippen MR) is 76.0 cm³/mol. The minimum atomic E-state index is -0.163. The molecule has 1 aromatic heterocycles. The first-order valence-corrected chi connectivity index (χ1v) is 6.18. The van der Waals surface area contributed by atoms with E-state index in [1.807, 2.05) is 24.3 Å². The second kappa shape index (κ2) is 6.12. The summed E-state index contributed by atoms with van der Waals surface area (Å²) in [6, 6.07) is 11.2. The molecule has 1 heterocycles. The van der Waals surface area contributed by atoms with Crippen molar-refractivity contribution in [2.45, 2.75) is 0 Å². The summed E-state index contributed by atoms with van der Waals surface area (Å²) in [6.07, 6.45) is 6.54. The number of aromatic nitrogens is 1. The first kappa shape index (κ1) is 12.5. The maximum atomic E-state index is 11.6. The Morgan fingerprint density at radius 2 is 1.78 bits per heavy atom. The number of pyridine rings is 1. The van der Waals surface area contributed by atoms with Crippen LogP contribution in [-0.4, -0.2) is 10.9 Å². The first-order chi connectivity index (χ1) is 8.74. The van der Waals surface area contributed by atoms with E-state index in [2.05, 4.69) is 26.2 Å². The third-order valence-electron chi connectivity index (χ3n) is 2.25. The van der Waals surface area contributed by atoms with E-state index in [0.29, 0.717) is 0 Å². The minimum absolute atomic E-state index is 0.163.